The van der Waals surface area contributed by atoms with Gasteiger partial charge in [0.05, 0.1) is 12.1 Å². The van der Waals surface area contributed by atoms with E-state index in [9.17, 15) is 9.90 Å². The van der Waals surface area contributed by atoms with Gasteiger partial charge in [0.25, 0.3) is 0 Å². The van der Waals surface area contributed by atoms with Crippen LogP contribution in [-0.4, -0.2) is 64.2 Å². The second kappa shape index (κ2) is 6.41. The average molecular weight is 290 g/mol. The number of nitrogens with one attached hydrogen (secondary N) is 1. The van der Waals surface area contributed by atoms with E-state index in [1.54, 1.807) is 17.3 Å². The highest BCUT2D eigenvalue weighted by atomic mass is 16.3. The maximum absolute atomic E-state index is 12.2. The molecule has 2 fully saturated rings. The van der Waals surface area contributed by atoms with Crippen LogP contribution in [0.3, 0.4) is 0 Å². The van der Waals surface area contributed by atoms with Gasteiger partial charge in [-0.05, 0) is 37.6 Å². The van der Waals surface area contributed by atoms with Gasteiger partial charge in [-0.25, -0.2) is 4.79 Å². The van der Waals surface area contributed by atoms with Crippen molar-refractivity contribution in [2.24, 2.45) is 0 Å². The van der Waals surface area contributed by atoms with Gasteiger partial charge >= 0.3 is 6.03 Å². The van der Waals surface area contributed by atoms with Crippen LogP contribution in [0.1, 0.15) is 18.4 Å². The highest BCUT2D eigenvalue weighted by Crippen LogP contribution is 2.21. The van der Waals surface area contributed by atoms with Gasteiger partial charge in [-0.3, -0.25) is 9.88 Å². The van der Waals surface area contributed by atoms with Gasteiger partial charge in [-0.2, -0.15) is 0 Å². The fourth-order valence-corrected chi connectivity index (χ4v) is 3.16. The minimum atomic E-state index is -0.438. The third-order valence-corrected chi connectivity index (χ3v) is 4.32. The molecule has 3 heterocycles. The molecule has 2 saturated heterocycles. The predicted octanol–water partition coefficient (Wildman–Crippen LogP) is 0.432. The van der Waals surface area contributed by atoms with Gasteiger partial charge in [0.2, 0.25) is 0 Å². The number of hydrogen-bond acceptors (Lipinski definition) is 4. The second-order valence-corrected chi connectivity index (χ2v) is 5.80. The van der Waals surface area contributed by atoms with E-state index in [2.05, 4.69) is 15.2 Å². The van der Waals surface area contributed by atoms with Crippen molar-refractivity contribution in [2.45, 2.75) is 31.5 Å². The first kappa shape index (κ1) is 14.3. The average Bonchev–Trinajstić information content (AvgIpc) is 3.15. The third kappa shape index (κ3) is 3.33. The number of hydrogen-bond donors (Lipinski definition) is 2. The molecular formula is C15H22N4O2. The molecule has 0 bridgehead atoms. The smallest absolute Gasteiger partial charge is 0.317 e. The van der Waals surface area contributed by atoms with Crippen LogP contribution in [0.15, 0.2) is 24.5 Å². The molecule has 0 radical (unpaired) electrons. The molecule has 2 amide bonds. The summed E-state index contributed by atoms with van der Waals surface area (Å²) in [6.07, 6.45) is 5.40. The molecule has 0 spiro atoms. The molecular weight excluding hydrogens is 268 g/mol. The lowest BCUT2D eigenvalue weighted by molar-refractivity contribution is 0.0980. The molecule has 6 nitrogen and oxygen atoms in total. The minimum Gasteiger partial charge on any atom is -0.390 e. The maximum Gasteiger partial charge on any atom is 0.317 e. The summed E-state index contributed by atoms with van der Waals surface area (Å²) in [5, 5.41) is 13.1. The zero-order chi connectivity index (χ0) is 14.7. The summed E-state index contributed by atoms with van der Waals surface area (Å²) in [5.41, 5.74) is 0.974. The number of aliphatic hydroxyl groups is 1. The largest absolute Gasteiger partial charge is 0.390 e. The van der Waals surface area contributed by atoms with Crippen molar-refractivity contribution < 1.29 is 9.90 Å². The number of aliphatic hydroxyl groups excluding tert-OH is 1. The van der Waals surface area contributed by atoms with Gasteiger partial charge in [-0.1, -0.05) is 6.07 Å². The van der Waals surface area contributed by atoms with Crippen LogP contribution in [0.2, 0.25) is 0 Å². The summed E-state index contributed by atoms with van der Waals surface area (Å²) < 4.78 is 0. The number of carbonyl (C=O) groups excluding carboxylic acids is 1. The Bertz CT molecular complexity index is 476. The van der Waals surface area contributed by atoms with Gasteiger partial charge in [0, 0.05) is 32.0 Å². The van der Waals surface area contributed by atoms with Gasteiger partial charge in [-0.15, -0.1) is 0 Å². The van der Waals surface area contributed by atoms with Crippen LogP contribution in [0, 0.1) is 0 Å². The van der Waals surface area contributed by atoms with E-state index >= 15 is 0 Å². The Morgan fingerprint density at radius 2 is 2.19 bits per heavy atom. The molecule has 1 aromatic rings. The lowest BCUT2D eigenvalue weighted by atomic mass is 10.2. The van der Waals surface area contributed by atoms with Gasteiger partial charge < -0.3 is 15.3 Å². The summed E-state index contributed by atoms with van der Waals surface area (Å²) in [4.78, 5) is 20.2. The SMILES string of the molecule is O=C(NCc1cccnc1)N1C[C@H](O)[C@@H](N2CCCC2)C1. The number of aromatic nitrogens is 1. The van der Waals surface area contributed by atoms with E-state index in [1.807, 2.05) is 12.1 Å². The quantitative estimate of drug-likeness (QED) is 0.847. The Hall–Kier alpha value is -1.66. The van der Waals surface area contributed by atoms with Crippen molar-refractivity contribution in [1.29, 1.82) is 0 Å². The first-order chi connectivity index (χ1) is 10.2. The molecule has 21 heavy (non-hydrogen) atoms. The summed E-state index contributed by atoms with van der Waals surface area (Å²) in [6, 6.07) is 3.76. The number of amides is 2. The summed E-state index contributed by atoms with van der Waals surface area (Å²) >= 11 is 0. The lowest BCUT2D eigenvalue weighted by Crippen LogP contribution is -2.42. The van der Waals surface area contributed by atoms with Crippen molar-refractivity contribution in [3.63, 3.8) is 0 Å². The normalized spacial score (nSPS) is 26.2. The molecule has 2 aliphatic heterocycles. The molecule has 1 aromatic heterocycles. The summed E-state index contributed by atoms with van der Waals surface area (Å²) in [6.45, 7) is 3.56. The highest BCUT2D eigenvalue weighted by Gasteiger charge is 2.38. The fraction of sp³-hybridized carbons (Fsp3) is 0.600. The fourth-order valence-electron chi connectivity index (χ4n) is 3.16. The number of urea groups is 1. The number of pyridine rings is 1. The highest BCUT2D eigenvalue weighted by molar-refractivity contribution is 5.74. The van der Waals surface area contributed by atoms with Crippen molar-refractivity contribution in [1.82, 2.24) is 20.1 Å². The first-order valence-corrected chi connectivity index (χ1v) is 7.58. The van der Waals surface area contributed by atoms with Crippen LogP contribution >= 0.6 is 0 Å². The summed E-state index contributed by atoms with van der Waals surface area (Å²) in [5.74, 6) is 0. The lowest BCUT2D eigenvalue weighted by Gasteiger charge is -2.25. The number of rotatable bonds is 3. The van der Waals surface area contributed by atoms with Crippen molar-refractivity contribution in [3.05, 3.63) is 30.1 Å². The van der Waals surface area contributed by atoms with Crippen molar-refractivity contribution >= 4 is 6.03 Å². The molecule has 0 saturated carbocycles. The molecule has 2 atom stereocenters. The molecule has 2 N–H and O–H groups in total. The first-order valence-electron chi connectivity index (χ1n) is 7.58. The maximum atomic E-state index is 12.2. The van der Waals surface area contributed by atoms with E-state index in [4.69, 9.17) is 0 Å². The third-order valence-electron chi connectivity index (χ3n) is 4.32. The molecule has 0 unspecified atom stereocenters. The molecule has 3 rings (SSSR count). The van der Waals surface area contributed by atoms with E-state index in [0.29, 0.717) is 19.6 Å². The van der Waals surface area contributed by atoms with Crippen LogP contribution in [0.5, 0.6) is 0 Å². The van der Waals surface area contributed by atoms with E-state index < -0.39 is 6.10 Å². The Morgan fingerprint density at radius 3 is 2.90 bits per heavy atom. The monoisotopic (exact) mass is 290 g/mol. The van der Waals surface area contributed by atoms with E-state index in [-0.39, 0.29) is 12.1 Å². The second-order valence-electron chi connectivity index (χ2n) is 5.80. The topological polar surface area (TPSA) is 68.7 Å². The number of nitrogens with zero attached hydrogens (tertiary/aromatic N) is 3. The number of likely N-dealkylation sites (tertiary alicyclic amines) is 2. The zero-order valence-electron chi connectivity index (χ0n) is 12.1. The zero-order valence-corrected chi connectivity index (χ0v) is 12.1. The Kier molecular flexibility index (Phi) is 4.36. The molecule has 0 aromatic carbocycles. The Balaban J connectivity index is 1.51. The number of β-amino-alcohol motifs (C(OH)–C–C–N with tert-alkyl or cyclic N) is 1. The molecule has 0 aliphatic carbocycles. The van der Waals surface area contributed by atoms with Gasteiger partial charge in [0.1, 0.15) is 0 Å². The van der Waals surface area contributed by atoms with Crippen LogP contribution in [0.25, 0.3) is 0 Å². The molecule has 6 heteroatoms. The predicted molar refractivity (Wildman–Crippen MR) is 78.6 cm³/mol. The Morgan fingerprint density at radius 1 is 1.38 bits per heavy atom. The standard InChI is InChI=1S/C15H22N4O2/c20-14-11-19(10-13(14)18-6-1-2-7-18)15(21)17-9-12-4-3-5-16-8-12/h3-5,8,13-14,20H,1-2,6-7,9-11H2,(H,17,21)/t13-,14-/m0/s1. The summed E-state index contributed by atoms with van der Waals surface area (Å²) in [7, 11) is 0. The molecule has 114 valence electrons. The Labute approximate surface area is 124 Å². The van der Waals surface area contributed by atoms with Crippen molar-refractivity contribution in [3.8, 4) is 0 Å². The van der Waals surface area contributed by atoms with Crippen LogP contribution in [0.4, 0.5) is 4.79 Å². The minimum absolute atomic E-state index is 0.0941. The molecule has 2 aliphatic rings. The van der Waals surface area contributed by atoms with Crippen molar-refractivity contribution in [2.75, 3.05) is 26.2 Å². The van der Waals surface area contributed by atoms with Gasteiger partial charge in [0.15, 0.2) is 0 Å². The van der Waals surface area contributed by atoms with Crippen LogP contribution in [-0.2, 0) is 6.54 Å². The number of carbonyl (C=O) groups is 1. The van der Waals surface area contributed by atoms with Crippen LogP contribution < -0.4 is 5.32 Å². The van der Waals surface area contributed by atoms with E-state index in [0.717, 1.165) is 18.7 Å². The van der Waals surface area contributed by atoms with E-state index in [1.165, 1.54) is 12.8 Å².